The van der Waals surface area contributed by atoms with Gasteiger partial charge in [0.2, 0.25) is 5.95 Å². The maximum absolute atomic E-state index is 4.88. The molecule has 3 rings (SSSR count). The van der Waals surface area contributed by atoms with Crippen LogP contribution in [-0.4, -0.2) is 36.1 Å². The standard InChI is InChI=1S/C15H24N4/c1-11-8-12(2)14-13(9-11)10-17-15(18-14)19-6-3-4-16-5-7-19/h10-12,16H,3-9H2,1-2H3. The van der Waals surface area contributed by atoms with E-state index in [9.17, 15) is 0 Å². The molecule has 0 spiro atoms. The molecule has 1 aliphatic heterocycles. The fourth-order valence-electron chi connectivity index (χ4n) is 3.37. The maximum Gasteiger partial charge on any atom is 0.225 e. The molecular weight excluding hydrogens is 236 g/mol. The lowest BCUT2D eigenvalue weighted by atomic mass is 9.82. The van der Waals surface area contributed by atoms with Crippen LogP contribution in [0.15, 0.2) is 6.20 Å². The van der Waals surface area contributed by atoms with Crippen LogP contribution in [0, 0.1) is 5.92 Å². The van der Waals surface area contributed by atoms with Crippen molar-refractivity contribution in [1.29, 1.82) is 0 Å². The minimum absolute atomic E-state index is 0.575. The molecule has 0 radical (unpaired) electrons. The fraction of sp³-hybridized carbons (Fsp3) is 0.733. The van der Waals surface area contributed by atoms with Crippen LogP contribution in [0.4, 0.5) is 5.95 Å². The van der Waals surface area contributed by atoms with Gasteiger partial charge in [-0.05, 0) is 43.2 Å². The summed E-state index contributed by atoms with van der Waals surface area (Å²) in [6, 6.07) is 0. The van der Waals surface area contributed by atoms with Gasteiger partial charge in [-0.1, -0.05) is 13.8 Å². The van der Waals surface area contributed by atoms with E-state index in [0.29, 0.717) is 5.92 Å². The number of rotatable bonds is 1. The van der Waals surface area contributed by atoms with Crippen LogP contribution in [0.3, 0.4) is 0 Å². The number of hydrogen-bond acceptors (Lipinski definition) is 4. The first-order valence-corrected chi connectivity index (χ1v) is 7.55. The summed E-state index contributed by atoms with van der Waals surface area (Å²) in [6.45, 7) is 8.85. The molecule has 1 N–H and O–H groups in total. The minimum Gasteiger partial charge on any atom is -0.339 e. The van der Waals surface area contributed by atoms with E-state index in [4.69, 9.17) is 4.98 Å². The van der Waals surface area contributed by atoms with Gasteiger partial charge in [0.15, 0.2) is 0 Å². The predicted octanol–water partition coefficient (Wildman–Crippen LogP) is 1.96. The van der Waals surface area contributed by atoms with Gasteiger partial charge < -0.3 is 10.2 Å². The lowest BCUT2D eigenvalue weighted by Gasteiger charge is -2.28. The van der Waals surface area contributed by atoms with E-state index in [1.54, 1.807) is 0 Å². The number of anilines is 1. The van der Waals surface area contributed by atoms with Gasteiger partial charge >= 0.3 is 0 Å². The van der Waals surface area contributed by atoms with E-state index >= 15 is 0 Å². The van der Waals surface area contributed by atoms with E-state index in [2.05, 4.69) is 35.2 Å². The molecule has 4 nitrogen and oxygen atoms in total. The number of aromatic nitrogens is 2. The zero-order chi connectivity index (χ0) is 13.2. The van der Waals surface area contributed by atoms with Crippen molar-refractivity contribution in [3.05, 3.63) is 17.5 Å². The zero-order valence-corrected chi connectivity index (χ0v) is 12.0. The van der Waals surface area contributed by atoms with Crippen molar-refractivity contribution in [3.8, 4) is 0 Å². The Morgan fingerprint density at radius 1 is 1.26 bits per heavy atom. The first kappa shape index (κ1) is 12.9. The summed E-state index contributed by atoms with van der Waals surface area (Å²) in [5.41, 5.74) is 2.66. The van der Waals surface area contributed by atoms with E-state index in [-0.39, 0.29) is 0 Å². The molecule has 19 heavy (non-hydrogen) atoms. The van der Waals surface area contributed by atoms with Crippen LogP contribution in [0.1, 0.15) is 43.9 Å². The highest BCUT2D eigenvalue weighted by molar-refractivity contribution is 5.36. The summed E-state index contributed by atoms with van der Waals surface area (Å²) in [5, 5.41) is 3.43. The van der Waals surface area contributed by atoms with Crippen LogP contribution in [0.2, 0.25) is 0 Å². The number of hydrogen-bond donors (Lipinski definition) is 1. The van der Waals surface area contributed by atoms with Crippen molar-refractivity contribution in [2.75, 3.05) is 31.1 Å². The predicted molar refractivity (Wildman–Crippen MR) is 77.6 cm³/mol. The number of nitrogens with one attached hydrogen (secondary N) is 1. The molecule has 0 bridgehead atoms. The van der Waals surface area contributed by atoms with Gasteiger partial charge in [0.05, 0.1) is 5.69 Å². The summed E-state index contributed by atoms with van der Waals surface area (Å²) in [5.74, 6) is 2.27. The summed E-state index contributed by atoms with van der Waals surface area (Å²) in [7, 11) is 0. The largest absolute Gasteiger partial charge is 0.339 e. The quantitative estimate of drug-likeness (QED) is 0.838. The molecule has 104 valence electrons. The van der Waals surface area contributed by atoms with Gasteiger partial charge in [-0.25, -0.2) is 9.97 Å². The van der Waals surface area contributed by atoms with Crippen LogP contribution in [-0.2, 0) is 6.42 Å². The van der Waals surface area contributed by atoms with Gasteiger partial charge in [0.25, 0.3) is 0 Å². The number of nitrogens with zero attached hydrogens (tertiary/aromatic N) is 3. The van der Waals surface area contributed by atoms with Crippen LogP contribution in [0.25, 0.3) is 0 Å². The van der Waals surface area contributed by atoms with Crippen LogP contribution >= 0.6 is 0 Å². The third-order valence-corrected chi connectivity index (χ3v) is 4.30. The average Bonchev–Trinajstić information content (AvgIpc) is 2.67. The first-order chi connectivity index (χ1) is 9.24. The second-order valence-corrected chi connectivity index (χ2v) is 6.12. The third kappa shape index (κ3) is 2.73. The normalized spacial score (nSPS) is 27.8. The molecule has 1 aliphatic carbocycles. The second kappa shape index (κ2) is 5.45. The first-order valence-electron chi connectivity index (χ1n) is 7.55. The molecule has 2 unspecified atom stereocenters. The van der Waals surface area contributed by atoms with Gasteiger partial charge in [0, 0.05) is 25.8 Å². The van der Waals surface area contributed by atoms with E-state index in [1.165, 1.54) is 24.1 Å². The fourth-order valence-corrected chi connectivity index (χ4v) is 3.37. The van der Waals surface area contributed by atoms with Gasteiger partial charge in [0.1, 0.15) is 0 Å². The highest BCUT2D eigenvalue weighted by Gasteiger charge is 2.24. The molecule has 1 fully saturated rings. The van der Waals surface area contributed by atoms with Crippen LogP contribution in [0.5, 0.6) is 0 Å². The monoisotopic (exact) mass is 260 g/mol. The Bertz CT molecular complexity index is 438. The van der Waals surface area contributed by atoms with Crippen LogP contribution < -0.4 is 10.2 Å². The minimum atomic E-state index is 0.575. The van der Waals surface area contributed by atoms with Gasteiger partial charge in [-0.2, -0.15) is 0 Å². The summed E-state index contributed by atoms with van der Waals surface area (Å²) >= 11 is 0. The zero-order valence-electron chi connectivity index (χ0n) is 12.0. The Hall–Kier alpha value is -1.16. The van der Waals surface area contributed by atoms with Crippen molar-refractivity contribution in [3.63, 3.8) is 0 Å². The SMILES string of the molecule is CC1Cc2cnc(N3CCCNCC3)nc2C(C)C1. The Kier molecular flexibility index (Phi) is 3.69. The average molecular weight is 260 g/mol. The molecule has 0 amide bonds. The molecule has 0 aromatic carbocycles. The van der Waals surface area contributed by atoms with Crippen molar-refractivity contribution in [2.45, 2.75) is 39.0 Å². The lowest BCUT2D eigenvalue weighted by molar-refractivity contribution is 0.439. The second-order valence-electron chi connectivity index (χ2n) is 6.12. The Morgan fingerprint density at radius 2 is 2.16 bits per heavy atom. The number of fused-ring (bicyclic) bond motifs is 1. The molecule has 1 aromatic rings. The summed E-state index contributed by atoms with van der Waals surface area (Å²) < 4.78 is 0. The third-order valence-electron chi connectivity index (χ3n) is 4.30. The van der Waals surface area contributed by atoms with Crippen molar-refractivity contribution in [1.82, 2.24) is 15.3 Å². The molecule has 2 aliphatic rings. The summed E-state index contributed by atoms with van der Waals surface area (Å²) in [4.78, 5) is 11.8. The maximum atomic E-state index is 4.88. The van der Waals surface area contributed by atoms with E-state index in [0.717, 1.165) is 44.5 Å². The van der Waals surface area contributed by atoms with Crippen molar-refractivity contribution in [2.24, 2.45) is 5.92 Å². The Labute approximate surface area is 115 Å². The molecule has 0 saturated carbocycles. The Balaban J connectivity index is 1.85. The highest BCUT2D eigenvalue weighted by atomic mass is 15.3. The van der Waals surface area contributed by atoms with E-state index < -0.39 is 0 Å². The molecule has 2 atom stereocenters. The molecule has 1 saturated heterocycles. The van der Waals surface area contributed by atoms with Gasteiger partial charge in [-0.15, -0.1) is 0 Å². The van der Waals surface area contributed by atoms with E-state index in [1.807, 2.05) is 0 Å². The van der Waals surface area contributed by atoms with Crippen molar-refractivity contribution >= 4 is 5.95 Å². The molecule has 2 heterocycles. The summed E-state index contributed by atoms with van der Waals surface area (Å²) in [6.07, 6.45) is 5.64. The van der Waals surface area contributed by atoms with Gasteiger partial charge in [-0.3, -0.25) is 0 Å². The Morgan fingerprint density at radius 3 is 3.05 bits per heavy atom. The molecular formula is C15H24N4. The smallest absolute Gasteiger partial charge is 0.225 e. The highest BCUT2D eigenvalue weighted by Crippen LogP contribution is 2.33. The molecule has 4 heteroatoms. The lowest BCUT2D eigenvalue weighted by Crippen LogP contribution is -2.30. The molecule has 1 aromatic heterocycles. The topological polar surface area (TPSA) is 41.1 Å². The van der Waals surface area contributed by atoms with Crippen molar-refractivity contribution < 1.29 is 0 Å².